The summed E-state index contributed by atoms with van der Waals surface area (Å²) >= 11 is 0. The summed E-state index contributed by atoms with van der Waals surface area (Å²) in [4.78, 5) is 1.83. The smallest absolute Gasteiger partial charge is 0.365 e. The van der Waals surface area contributed by atoms with Crippen LogP contribution in [0.1, 0.15) is 37.7 Å². The third kappa shape index (κ3) is 3.87. The Balaban J connectivity index is 2.27. The third-order valence-corrected chi connectivity index (χ3v) is 3.97. The lowest BCUT2D eigenvalue weighted by molar-refractivity contribution is -0.137. The predicted octanol–water partition coefficient (Wildman–Crippen LogP) is 3.94. The Labute approximate surface area is 121 Å². The summed E-state index contributed by atoms with van der Waals surface area (Å²) in [5, 5.41) is 0. The number of benzene rings is 1. The first-order valence-corrected chi connectivity index (χ1v) is 7.27. The molecule has 0 heterocycles. The minimum Gasteiger partial charge on any atom is -0.365 e. The summed E-state index contributed by atoms with van der Waals surface area (Å²) in [5.74, 6) is -0.830. The largest absolute Gasteiger partial charge is 0.416 e. The average molecular weight is 304 g/mol. The molecule has 21 heavy (non-hydrogen) atoms. The molecule has 0 aliphatic heterocycles. The van der Waals surface area contributed by atoms with E-state index in [4.69, 9.17) is 5.73 Å². The summed E-state index contributed by atoms with van der Waals surface area (Å²) in [7, 11) is 0. The summed E-state index contributed by atoms with van der Waals surface area (Å²) in [6, 6.07) is 2.89. The van der Waals surface area contributed by atoms with Crippen molar-refractivity contribution in [3.8, 4) is 0 Å². The van der Waals surface area contributed by atoms with Crippen LogP contribution in [0.5, 0.6) is 0 Å². The fraction of sp³-hybridized carbons (Fsp3) is 0.600. The van der Waals surface area contributed by atoms with E-state index in [9.17, 15) is 17.6 Å². The summed E-state index contributed by atoms with van der Waals surface area (Å²) in [6.07, 6.45) is 0.619. The highest BCUT2D eigenvalue weighted by Gasteiger charge is 2.32. The first-order valence-electron chi connectivity index (χ1n) is 7.27. The van der Waals surface area contributed by atoms with E-state index in [-0.39, 0.29) is 11.7 Å². The second-order valence-corrected chi connectivity index (χ2v) is 5.44. The highest BCUT2D eigenvalue weighted by atomic mass is 19.4. The van der Waals surface area contributed by atoms with Crippen molar-refractivity contribution in [3.63, 3.8) is 0 Å². The minimum absolute atomic E-state index is 0.161. The van der Waals surface area contributed by atoms with Crippen molar-refractivity contribution in [1.29, 1.82) is 0 Å². The van der Waals surface area contributed by atoms with Crippen LogP contribution in [0.2, 0.25) is 0 Å². The molecule has 0 bridgehead atoms. The van der Waals surface area contributed by atoms with Crippen LogP contribution in [0.25, 0.3) is 0 Å². The van der Waals surface area contributed by atoms with Gasteiger partial charge in [0.2, 0.25) is 0 Å². The minimum atomic E-state index is -4.52. The standard InChI is InChI=1S/C15H20F4N2/c16-13-10-11(15(17,18)19)6-7-14(13)21(9-8-20)12-4-2-1-3-5-12/h6-7,10,12H,1-5,8-9,20H2. The molecule has 6 heteroatoms. The summed E-state index contributed by atoms with van der Waals surface area (Å²) in [6.45, 7) is 0.796. The topological polar surface area (TPSA) is 29.3 Å². The lowest BCUT2D eigenvalue weighted by atomic mass is 9.93. The summed E-state index contributed by atoms with van der Waals surface area (Å²) < 4.78 is 51.9. The number of alkyl halides is 3. The van der Waals surface area contributed by atoms with Crippen LogP contribution in [-0.4, -0.2) is 19.1 Å². The van der Waals surface area contributed by atoms with Gasteiger partial charge in [0.1, 0.15) is 5.82 Å². The number of hydrogen-bond donors (Lipinski definition) is 1. The molecule has 0 aromatic heterocycles. The normalized spacial score (nSPS) is 17.0. The van der Waals surface area contributed by atoms with Gasteiger partial charge in [0.05, 0.1) is 11.3 Å². The number of halogens is 4. The second kappa shape index (κ2) is 6.64. The number of hydrogen-bond acceptors (Lipinski definition) is 2. The van der Waals surface area contributed by atoms with Crippen molar-refractivity contribution >= 4 is 5.69 Å². The molecule has 2 nitrogen and oxygen atoms in total. The first-order chi connectivity index (χ1) is 9.93. The molecular formula is C15H20F4N2. The predicted molar refractivity (Wildman–Crippen MR) is 74.7 cm³/mol. The Morgan fingerprint density at radius 2 is 1.81 bits per heavy atom. The molecule has 1 aromatic carbocycles. The zero-order chi connectivity index (χ0) is 15.5. The Hall–Kier alpha value is -1.30. The molecular weight excluding hydrogens is 284 g/mol. The van der Waals surface area contributed by atoms with Gasteiger partial charge < -0.3 is 10.6 Å². The Kier molecular flexibility index (Phi) is 5.08. The number of rotatable bonds is 4. The number of anilines is 1. The molecule has 1 fully saturated rings. The van der Waals surface area contributed by atoms with E-state index in [1.165, 1.54) is 6.07 Å². The number of nitrogens with two attached hydrogens (primary N) is 1. The fourth-order valence-corrected chi connectivity index (χ4v) is 2.95. The molecule has 1 aliphatic carbocycles. The van der Waals surface area contributed by atoms with Crippen LogP contribution in [0, 0.1) is 5.82 Å². The SMILES string of the molecule is NCCN(c1ccc(C(F)(F)F)cc1F)C1CCCCC1. The van der Waals surface area contributed by atoms with Crippen molar-refractivity contribution in [1.82, 2.24) is 0 Å². The van der Waals surface area contributed by atoms with E-state index in [0.717, 1.165) is 38.2 Å². The van der Waals surface area contributed by atoms with Gasteiger partial charge in [0.15, 0.2) is 0 Å². The van der Waals surface area contributed by atoms with E-state index in [1.54, 1.807) is 0 Å². The Morgan fingerprint density at radius 3 is 2.33 bits per heavy atom. The van der Waals surface area contributed by atoms with Crippen LogP contribution in [-0.2, 0) is 6.18 Å². The van der Waals surface area contributed by atoms with E-state index in [0.29, 0.717) is 19.2 Å². The zero-order valence-electron chi connectivity index (χ0n) is 11.8. The van der Waals surface area contributed by atoms with Gasteiger partial charge in [-0.3, -0.25) is 0 Å². The van der Waals surface area contributed by atoms with E-state index < -0.39 is 17.6 Å². The Bertz CT molecular complexity index is 467. The second-order valence-electron chi connectivity index (χ2n) is 5.44. The molecule has 0 saturated heterocycles. The van der Waals surface area contributed by atoms with Crippen LogP contribution in [0.15, 0.2) is 18.2 Å². The van der Waals surface area contributed by atoms with Gasteiger partial charge in [-0.2, -0.15) is 13.2 Å². The lowest BCUT2D eigenvalue weighted by Gasteiger charge is -2.36. The maximum absolute atomic E-state index is 14.1. The van der Waals surface area contributed by atoms with Crippen LogP contribution in [0.4, 0.5) is 23.2 Å². The molecule has 0 unspecified atom stereocenters. The highest BCUT2D eigenvalue weighted by molar-refractivity contribution is 5.50. The molecule has 1 aromatic rings. The monoisotopic (exact) mass is 304 g/mol. The molecule has 2 N–H and O–H groups in total. The van der Waals surface area contributed by atoms with Gasteiger partial charge in [-0.1, -0.05) is 19.3 Å². The first kappa shape index (κ1) is 16.1. The van der Waals surface area contributed by atoms with Crippen molar-refractivity contribution in [2.45, 2.75) is 44.3 Å². The van der Waals surface area contributed by atoms with Crippen molar-refractivity contribution < 1.29 is 17.6 Å². The van der Waals surface area contributed by atoms with Gasteiger partial charge in [0.25, 0.3) is 0 Å². The van der Waals surface area contributed by atoms with Crippen LogP contribution in [0.3, 0.4) is 0 Å². The summed E-state index contributed by atoms with van der Waals surface area (Å²) in [5.41, 5.74) is 4.84. The van der Waals surface area contributed by atoms with Gasteiger partial charge in [-0.25, -0.2) is 4.39 Å². The van der Waals surface area contributed by atoms with E-state index >= 15 is 0 Å². The number of nitrogens with zero attached hydrogens (tertiary/aromatic N) is 1. The van der Waals surface area contributed by atoms with Gasteiger partial charge >= 0.3 is 6.18 Å². The Morgan fingerprint density at radius 1 is 1.14 bits per heavy atom. The van der Waals surface area contributed by atoms with Gasteiger partial charge in [0, 0.05) is 19.1 Å². The molecule has 1 aliphatic rings. The van der Waals surface area contributed by atoms with E-state index in [2.05, 4.69) is 0 Å². The molecule has 0 amide bonds. The lowest BCUT2D eigenvalue weighted by Crippen LogP contribution is -2.40. The molecule has 0 radical (unpaired) electrons. The fourth-order valence-electron chi connectivity index (χ4n) is 2.95. The van der Waals surface area contributed by atoms with Crippen molar-refractivity contribution in [3.05, 3.63) is 29.6 Å². The van der Waals surface area contributed by atoms with E-state index in [1.807, 2.05) is 4.90 Å². The van der Waals surface area contributed by atoms with Crippen LogP contribution >= 0.6 is 0 Å². The molecule has 0 spiro atoms. The molecule has 118 valence electrons. The molecule has 0 atom stereocenters. The van der Waals surface area contributed by atoms with Crippen molar-refractivity contribution in [2.24, 2.45) is 5.73 Å². The van der Waals surface area contributed by atoms with Gasteiger partial charge in [-0.15, -0.1) is 0 Å². The van der Waals surface area contributed by atoms with Gasteiger partial charge in [-0.05, 0) is 31.0 Å². The maximum atomic E-state index is 14.1. The van der Waals surface area contributed by atoms with Crippen molar-refractivity contribution in [2.75, 3.05) is 18.0 Å². The average Bonchev–Trinajstić information content (AvgIpc) is 2.45. The molecule has 2 rings (SSSR count). The van der Waals surface area contributed by atoms with Crippen LogP contribution < -0.4 is 10.6 Å². The molecule has 1 saturated carbocycles. The highest BCUT2D eigenvalue weighted by Crippen LogP contribution is 2.34. The third-order valence-electron chi connectivity index (χ3n) is 3.97. The zero-order valence-corrected chi connectivity index (χ0v) is 11.8. The quantitative estimate of drug-likeness (QED) is 0.854. The maximum Gasteiger partial charge on any atom is 0.416 e.